The number of benzene rings is 8. The van der Waals surface area contributed by atoms with Gasteiger partial charge >= 0.3 is 0 Å². The second-order valence-electron chi connectivity index (χ2n) is 11.8. The minimum Gasteiger partial charge on any atom is -0.455 e. The maximum Gasteiger partial charge on any atom is 0.143 e. The molecule has 9 rings (SSSR count). The molecule has 0 spiro atoms. The molecule has 0 bridgehead atoms. The van der Waals surface area contributed by atoms with Crippen LogP contribution in [-0.2, 0) is 0 Å². The lowest BCUT2D eigenvalue weighted by Gasteiger charge is -2.28. The van der Waals surface area contributed by atoms with Crippen LogP contribution in [0.2, 0.25) is 0 Å². The minimum absolute atomic E-state index is 0.925. The predicted molar refractivity (Wildman–Crippen MR) is 194 cm³/mol. The molecule has 0 aliphatic heterocycles. The zero-order valence-corrected chi connectivity index (χ0v) is 25.1. The summed E-state index contributed by atoms with van der Waals surface area (Å²) in [6.07, 6.45) is 0. The van der Waals surface area contributed by atoms with Crippen molar-refractivity contribution in [3.8, 4) is 22.3 Å². The molecule has 0 aliphatic carbocycles. The molecule has 8 aromatic carbocycles. The lowest BCUT2D eigenvalue weighted by molar-refractivity contribution is 0.672. The molecule has 0 amide bonds. The van der Waals surface area contributed by atoms with E-state index < -0.39 is 0 Å². The van der Waals surface area contributed by atoms with Gasteiger partial charge in [-0.2, -0.15) is 0 Å². The van der Waals surface area contributed by atoms with Crippen molar-refractivity contribution in [1.82, 2.24) is 0 Å². The molecular formula is C44H29NO. The number of furan rings is 1. The number of hydrogen-bond acceptors (Lipinski definition) is 2. The molecule has 0 saturated carbocycles. The van der Waals surface area contributed by atoms with E-state index in [-0.39, 0.29) is 0 Å². The topological polar surface area (TPSA) is 16.4 Å². The Balaban J connectivity index is 1.15. The van der Waals surface area contributed by atoms with Gasteiger partial charge in [0.1, 0.15) is 11.2 Å². The molecule has 0 atom stereocenters. The summed E-state index contributed by atoms with van der Waals surface area (Å²) >= 11 is 0. The average Bonchev–Trinajstić information content (AvgIpc) is 3.52. The number of para-hydroxylation sites is 2. The monoisotopic (exact) mass is 587 g/mol. The first-order valence-electron chi connectivity index (χ1n) is 15.7. The number of nitrogens with zero attached hydrogens (tertiary/aromatic N) is 1. The van der Waals surface area contributed by atoms with Crippen LogP contribution in [0.4, 0.5) is 17.1 Å². The van der Waals surface area contributed by atoms with E-state index in [1.807, 2.05) is 12.1 Å². The first-order valence-corrected chi connectivity index (χ1v) is 15.7. The van der Waals surface area contributed by atoms with Crippen LogP contribution in [0.5, 0.6) is 0 Å². The molecule has 0 radical (unpaired) electrons. The lowest BCUT2D eigenvalue weighted by atomic mass is 9.98. The molecule has 0 unspecified atom stereocenters. The summed E-state index contributed by atoms with van der Waals surface area (Å²) < 4.78 is 6.30. The Morgan fingerprint density at radius 3 is 1.93 bits per heavy atom. The van der Waals surface area contributed by atoms with Crippen molar-refractivity contribution in [2.24, 2.45) is 0 Å². The quantitative estimate of drug-likeness (QED) is 0.199. The summed E-state index contributed by atoms with van der Waals surface area (Å²) in [7, 11) is 0. The van der Waals surface area contributed by atoms with Crippen molar-refractivity contribution in [1.29, 1.82) is 0 Å². The summed E-state index contributed by atoms with van der Waals surface area (Å²) in [6, 6.07) is 62.8. The lowest BCUT2D eigenvalue weighted by Crippen LogP contribution is -2.11. The van der Waals surface area contributed by atoms with E-state index in [1.54, 1.807) is 0 Å². The van der Waals surface area contributed by atoms with Gasteiger partial charge in [-0.3, -0.25) is 0 Å². The van der Waals surface area contributed by atoms with E-state index in [2.05, 4.69) is 169 Å². The van der Waals surface area contributed by atoms with Crippen LogP contribution in [0.15, 0.2) is 180 Å². The van der Waals surface area contributed by atoms with Crippen LogP contribution in [0.3, 0.4) is 0 Å². The van der Waals surface area contributed by atoms with Gasteiger partial charge in [0.25, 0.3) is 0 Å². The Kier molecular flexibility index (Phi) is 6.17. The molecule has 0 N–H and O–H groups in total. The Morgan fingerprint density at radius 1 is 0.370 bits per heavy atom. The van der Waals surface area contributed by atoms with Crippen LogP contribution in [0.1, 0.15) is 0 Å². The Labute approximate surface area is 267 Å². The van der Waals surface area contributed by atoms with Crippen molar-refractivity contribution in [3.05, 3.63) is 176 Å². The van der Waals surface area contributed by atoms with Gasteiger partial charge in [0, 0.05) is 33.1 Å². The van der Waals surface area contributed by atoms with Crippen molar-refractivity contribution >= 4 is 60.5 Å². The number of anilines is 3. The zero-order valence-electron chi connectivity index (χ0n) is 25.1. The van der Waals surface area contributed by atoms with Gasteiger partial charge in [0.15, 0.2) is 0 Å². The van der Waals surface area contributed by atoms with E-state index in [4.69, 9.17) is 4.42 Å². The van der Waals surface area contributed by atoms with Gasteiger partial charge in [-0.05, 0) is 87.4 Å². The highest BCUT2D eigenvalue weighted by Crippen LogP contribution is 2.42. The van der Waals surface area contributed by atoms with E-state index in [0.717, 1.165) is 44.4 Å². The van der Waals surface area contributed by atoms with Gasteiger partial charge in [-0.1, -0.05) is 121 Å². The molecule has 0 fully saturated rings. The van der Waals surface area contributed by atoms with Crippen LogP contribution in [-0.4, -0.2) is 0 Å². The highest BCUT2D eigenvalue weighted by Gasteiger charge is 2.18. The van der Waals surface area contributed by atoms with Crippen LogP contribution >= 0.6 is 0 Å². The number of rotatable bonds is 5. The van der Waals surface area contributed by atoms with Crippen LogP contribution < -0.4 is 4.90 Å². The van der Waals surface area contributed by atoms with Crippen molar-refractivity contribution in [2.75, 3.05) is 4.90 Å². The van der Waals surface area contributed by atoms with Crippen molar-refractivity contribution < 1.29 is 4.42 Å². The molecule has 46 heavy (non-hydrogen) atoms. The summed E-state index contributed by atoms with van der Waals surface area (Å²) in [5.74, 6) is 0. The van der Waals surface area contributed by atoms with Crippen molar-refractivity contribution in [2.45, 2.75) is 0 Å². The van der Waals surface area contributed by atoms with Gasteiger partial charge in [0.2, 0.25) is 0 Å². The summed E-state index contributed by atoms with van der Waals surface area (Å²) in [5.41, 5.74) is 9.96. The van der Waals surface area contributed by atoms with Crippen LogP contribution in [0.25, 0.3) is 65.7 Å². The Bertz CT molecular complexity index is 2530. The third-order valence-electron chi connectivity index (χ3n) is 9.04. The van der Waals surface area contributed by atoms with E-state index >= 15 is 0 Å². The second-order valence-corrected chi connectivity index (χ2v) is 11.8. The molecular weight excluding hydrogens is 558 g/mol. The fraction of sp³-hybridized carbons (Fsp3) is 0. The molecule has 9 aromatic rings. The van der Waals surface area contributed by atoms with Gasteiger partial charge in [0.05, 0.1) is 5.69 Å². The molecule has 0 aliphatic rings. The summed E-state index contributed by atoms with van der Waals surface area (Å²) in [5, 5.41) is 7.06. The normalized spacial score (nSPS) is 11.5. The largest absolute Gasteiger partial charge is 0.455 e. The van der Waals surface area contributed by atoms with E-state index in [0.29, 0.717) is 0 Å². The first-order chi connectivity index (χ1) is 22.8. The average molecular weight is 588 g/mol. The SMILES string of the molecule is c1ccc(-c2ccccc2N(c2ccc(-c3ccc4c(ccc5c6ccccc6oc45)c3)cc2)c2ccc3ccccc3c2)cc1. The van der Waals surface area contributed by atoms with E-state index in [9.17, 15) is 0 Å². The zero-order chi connectivity index (χ0) is 30.5. The fourth-order valence-corrected chi connectivity index (χ4v) is 6.77. The molecule has 1 aromatic heterocycles. The smallest absolute Gasteiger partial charge is 0.143 e. The molecule has 2 heteroatoms. The summed E-state index contributed by atoms with van der Waals surface area (Å²) in [4.78, 5) is 2.37. The fourth-order valence-electron chi connectivity index (χ4n) is 6.77. The van der Waals surface area contributed by atoms with Crippen LogP contribution in [0, 0.1) is 0 Å². The molecule has 1 heterocycles. The third-order valence-corrected chi connectivity index (χ3v) is 9.04. The maximum absolute atomic E-state index is 6.30. The third kappa shape index (κ3) is 4.43. The second kappa shape index (κ2) is 10.8. The Morgan fingerprint density at radius 2 is 1.04 bits per heavy atom. The summed E-state index contributed by atoms with van der Waals surface area (Å²) in [6.45, 7) is 0. The van der Waals surface area contributed by atoms with Crippen molar-refractivity contribution in [3.63, 3.8) is 0 Å². The highest BCUT2D eigenvalue weighted by molar-refractivity contribution is 6.15. The highest BCUT2D eigenvalue weighted by atomic mass is 16.3. The molecule has 0 saturated heterocycles. The molecule has 2 nitrogen and oxygen atoms in total. The Hall–Kier alpha value is -6.12. The molecule has 216 valence electrons. The minimum atomic E-state index is 0.925. The number of fused-ring (bicyclic) bond motifs is 6. The first kappa shape index (κ1) is 26.3. The number of hydrogen-bond donors (Lipinski definition) is 0. The standard InChI is InChI=1S/C44H29NO/c1-2-11-32(12-3-1)38-14-6-8-16-42(38)45(37-25-20-30-10-4-5-13-33(30)29-37)36-23-18-31(19-24-36)34-21-26-39-35(28-34)22-27-41-40-15-7-9-17-43(40)46-44(39)41/h1-29H. The maximum atomic E-state index is 6.30. The van der Waals surface area contributed by atoms with E-state index in [1.165, 1.54) is 38.4 Å². The van der Waals surface area contributed by atoms with Gasteiger partial charge in [-0.25, -0.2) is 0 Å². The van der Waals surface area contributed by atoms with Gasteiger partial charge in [-0.15, -0.1) is 0 Å². The predicted octanol–water partition coefficient (Wildman–Crippen LogP) is 12.7. The van der Waals surface area contributed by atoms with Gasteiger partial charge < -0.3 is 9.32 Å².